The molecule has 1 aliphatic rings. The summed E-state index contributed by atoms with van der Waals surface area (Å²) in [5.41, 5.74) is 2.66. The second-order valence-electron chi connectivity index (χ2n) is 7.40. The number of rotatable bonds is 10. The molecule has 1 aliphatic heterocycles. The van der Waals surface area contributed by atoms with Crippen LogP contribution in [0.2, 0.25) is 0 Å². The van der Waals surface area contributed by atoms with Crippen LogP contribution in [0, 0.1) is 0 Å². The fourth-order valence-corrected chi connectivity index (χ4v) is 3.93. The molecule has 2 aromatic carbocycles. The Hall–Kier alpha value is -3.22. The molecule has 0 saturated carbocycles. The van der Waals surface area contributed by atoms with Crippen molar-refractivity contribution in [2.45, 2.75) is 53.1 Å². The highest BCUT2D eigenvalue weighted by Crippen LogP contribution is 2.39. The molecule has 7 heteroatoms. The number of carbonyl (C=O) groups is 2. The maximum absolute atomic E-state index is 13.1. The van der Waals surface area contributed by atoms with Gasteiger partial charge in [-0.2, -0.15) is 0 Å². The largest absolute Gasteiger partial charge is 0.490 e. The lowest BCUT2D eigenvalue weighted by Gasteiger charge is -2.24. The zero-order chi connectivity index (χ0) is 23.1. The lowest BCUT2D eigenvalue weighted by atomic mass is 10.1. The molecule has 0 fully saturated rings. The van der Waals surface area contributed by atoms with Crippen molar-refractivity contribution in [3.63, 3.8) is 0 Å². The average Bonchev–Trinajstić information content (AvgIpc) is 3.19. The number of benzene rings is 2. The van der Waals surface area contributed by atoms with Crippen molar-refractivity contribution in [3.8, 4) is 17.2 Å². The molecule has 2 amide bonds. The lowest BCUT2D eigenvalue weighted by molar-refractivity contribution is -0.126. The minimum atomic E-state index is -0.555. The van der Waals surface area contributed by atoms with Crippen LogP contribution in [0.4, 0.5) is 5.69 Å². The minimum absolute atomic E-state index is 0.0616. The Morgan fingerprint density at radius 1 is 0.969 bits per heavy atom. The molecule has 1 N–H and O–H groups in total. The summed E-state index contributed by atoms with van der Waals surface area (Å²) in [5.74, 6) is 1.49. The van der Waals surface area contributed by atoms with E-state index in [-0.39, 0.29) is 18.4 Å². The molecule has 7 nitrogen and oxygen atoms in total. The summed E-state index contributed by atoms with van der Waals surface area (Å²) in [6, 6.07) is 10.8. The van der Waals surface area contributed by atoms with E-state index in [0.717, 1.165) is 16.8 Å². The van der Waals surface area contributed by atoms with E-state index in [1.165, 1.54) is 0 Å². The van der Waals surface area contributed by atoms with Crippen LogP contribution in [0.3, 0.4) is 0 Å². The smallest absolute Gasteiger partial charge is 0.243 e. The fraction of sp³-hybridized carbons (Fsp3) is 0.440. The Morgan fingerprint density at radius 2 is 1.59 bits per heavy atom. The number of amides is 2. The Bertz CT molecular complexity index is 932. The third-order valence-corrected chi connectivity index (χ3v) is 5.29. The van der Waals surface area contributed by atoms with Gasteiger partial charge in [0.15, 0.2) is 11.5 Å². The van der Waals surface area contributed by atoms with Gasteiger partial charge in [0.25, 0.3) is 0 Å². The molecule has 1 unspecified atom stereocenters. The standard InChI is InChI=1S/C25H32N2O5/c1-5-23(28)27-19-12-10-9-11-18(19)15-20(27)25(29)26-16-17-13-21(30-6-2)24(32-8-4)22(14-17)31-7-3/h9-14,20H,5-8,15-16H2,1-4H3,(H,26,29). The third-order valence-electron chi connectivity index (χ3n) is 5.29. The normalized spacial score (nSPS) is 14.6. The molecular formula is C25H32N2O5. The second-order valence-corrected chi connectivity index (χ2v) is 7.40. The van der Waals surface area contributed by atoms with Crippen LogP contribution in [0.25, 0.3) is 0 Å². The highest BCUT2D eigenvalue weighted by atomic mass is 16.5. The Labute approximate surface area is 189 Å². The second kappa shape index (κ2) is 10.9. The molecule has 1 heterocycles. The van der Waals surface area contributed by atoms with Crippen molar-refractivity contribution in [1.29, 1.82) is 0 Å². The van der Waals surface area contributed by atoms with E-state index in [1.807, 2.05) is 64.1 Å². The number of carbonyl (C=O) groups excluding carboxylic acids is 2. The van der Waals surface area contributed by atoms with E-state index in [1.54, 1.807) is 4.90 Å². The molecule has 0 aliphatic carbocycles. The third kappa shape index (κ3) is 4.98. The van der Waals surface area contributed by atoms with Crippen LogP contribution in [0.1, 0.15) is 45.2 Å². The molecule has 0 spiro atoms. The van der Waals surface area contributed by atoms with Gasteiger partial charge in [0.2, 0.25) is 17.6 Å². The van der Waals surface area contributed by atoms with Gasteiger partial charge < -0.3 is 19.5 Å². The molecule has 32 heavy (non-hydrogen) atoms. The molecule has 1 atom stereocenters. The van der Waals surface area contributed by atoms with E-state index < -0.39 is 6.04 Å². The quantitative estimate of drug-likeness (QED) is 0.607. The summed E-state index contributed by atoms with van der Waals surface area (Å²) in [5, 5.41) is 2.99. The number of ether oxygens (including phenoxy) is 3. The van der Waals surface area contributed by atoms with E-state index in [4.69, 9.17) is 14.2 Å². The average molecular weight is 441 g/mol. The summed E-state index contributed by atoms with van der Waals surface area (Å²) in [6.07, 6.45) is 0.845. The van der Waals surface area contributed by atoms with Crippen molar-refractivity contribution < 1.29 is 23.8 Å². The van der Waals surface area contributed by atoms with Gasteiger partial charge in [-0.25, -0.2) is 0 Å². The first-order valence-electron chi connectivity index (χ1n) is 11.3. The van der Waals surface area contributed by atoms with Crippen molar-refractivity contribution >= 4 is 17.5 Å². The molecule has 0 aromatic heterocycles. The number of fused-ring (bicyclic) bond motifs is 1. The molecule has 3 rings (SSSR count). The van der Waals surface area contributed by atoms with Gasteiger partial charge in [-0.3, -0.25) is 14.5 Å². The van der Waals surface area contributed by atoms with Gasteiger partial charge >= 0.3 is 0 Å². The summed E-state index contributed by atoms with van der Waals surface area (Å²) >= 11 is 0. The van der Waals surface area contributed by atoms with Crippen molar-refractivity contribution in [3.05, 3.63) is 47.5 Å². The van der Waals surface area contributed by atoms with Gasteiger partial charge in [0.1, 0.15) is 6.04 Å². The van der Waals surface area contributed by atoms with Gasteiger partial charge in [-0.05, 0) is 50.1 Å². The number of nitrogens with one attached hydrogen (secondary N) is 1. The summed E-state index contributed by atoms with van der Waals surface area (Å²) < 4.78 is 17.3. The van der Waals surface area contributed by atoms with Gasteiger partial charge in [0.05, 0.1) is 19.8 Å². The number of hydrogen-bond donors (Lipinski definition) is 1. The number of para-hydroxylation sites is 1. The Morgan fingerprint density at radius 3 is 2.19 bits per heavy atom. The van der Waals surface area contributed by atoms with Crippen molar-refractivity contribution in [1.82, 2.24) is 5.32 Å². The van der Waals surface area contributed by atoms with E-state index in [2.05, 4.69) is 5.32 Å². The first-order chi connectivity index (χ1) is 15.5. The lowest BCUT2D eigenvalue weighted by Crippen LogP contribution is -2.47. The number of nitrogens with zero attached hydrogens (tertiary/aromatic N) is 1. The first-order valence-corrected chi connectivity index (χ1v) is 11.3. The minimum Gasteiger partial charge on any atom is -0.490 e. The molecule has 0 saturated heterocycles. The zero-order valence-corrected chi connectivity index (χ0v) is 19.3. The monoisotopic (exact) mass is 440 g/mol. The van der Waals surface area contributed by atoms with Gasteiger partial charge in [0, 0.05) is 25.1 Å². The van der Waals surface area contributed by atoms with Crippen LogP contribution in [0.5, 0.6) is 17.2 Å². The highest BCUT2D eigenvalue weighted by molar-refractivity contribution is 6.03. The van der Waals surface area contributed by atoms with Crippen molar-refractivity contribution in [2.24, 2.45) is 0 Å². The van der Waals surface area contributed by atoms with Crippen LogP contribution in [-0.4, -0.2) is 37.7 Å². The van der Waals surface area contributed by atoms with Crippen LogP contribution in [0.15, 0.2) is 36.4 Å². The van der Waals surface area contributed by atoms with E-state index in [0.29, 0.717) is 49.9 Å². The molecule has 172 valence electrons. The van der Waals surface area contributed by atoms with Crippen molar-refractivity contribution in [2.75, 3.05) is 24.7 Å². The molecule has 2 aromatic rings. The van der Waals surface area contributed by atoms with Crippen LogP contribution < -0.4 is 24.4 Å². The maximum Gasteiger partial charge on any atom is 0.243 e. The Balaban J connectivity index is 1.80. The SMILES string of the molecule is CCOc1cc(CNC(=O)C2Cc3ccccc3N2C(=O)CC)cc(OCC)c1OCC. The molecular weight excluding hydrogens is 408 g/mol. The van der Waals surface area contributed by atoms with Crippen LogP contribution >= 0.6 is 0 Å². The molecule has 0 radical (unpaired) electrons. The maximum atomic E-state index is 13.1. The van der Waals surface area contributed by atoms with E-state index in [9.17, 15) is 9.59 Å². The predicted molar refractivity (Wildman–Crippen MR) is 124 cm³/mol. The number of anilines is 1. The van der Waals surface area contributed by atoms with Gasteiger partial charge in [-0.1, -0.05) is 25.1 Å². The van der Waals surface area contributed by atoms with E-state index >= 15 is 0 Å². The summed E-state index contributed by atoms with van der Waals surface area (Å²) in [7, 11) is 0. The van der Waals surface area contributed by atoms with Gasteiger partial charge in [-0.15, -0.1) is 0 Å². The highest BCUT2D eigenvalue weighted by Gasteiger charge is 2.37. The zero-order valence-electron chi connectivity index (χ0n) is 19.3. The fourth-order valence-electron chi connectivity index (χ4n) is 3.93. The Kier molecular flexibility index (Phi) is 7.98. The number of hydrogen-bond acceptors (Lipinski definition) is 5. The predicted octanol–water partition coefficient (Wildman–Crippen LogP) is 3.87. The van der Waals surface area contributed by atoms with Crippen LogP contribution in [-0.2, 0) is 22.6 Å². The molecule has 0 bridgehead atoms. The topological polar surface area (TPSA) is 77.1 Å². The summed E-state index contributed by atoms with van der Waals surface area (Å²) in [4.78, 5) is 27.3. The summed E-state index contributed by atoms with van der Waals surface area (Å²) in [6.45, 7) is 9.26. The first kappa shape index (κ1) is 23.4.